The normalized spacial score (nSPS) is 21.5. The van der Waals surface area contributed by atoms with Gasteiger partial charge >= 0.3 is 0 Å². The minimum Gasteiger partial charge on any atom is -0.396 e. The minimum atomic E-state index is 0.238. The van der Waals surface area contributed by atoms with E-state index in [1.165, 1.54) is 61.9 Å². The minimum absolute atomic E-state index is 0.238. The first-order chi connectivity index (χ1) is 9.29. The summed E-state index contributed by atoms with van der Waals surface area (Å²) in [6.07, 6.45) is 8.11. The molecular formula is C17H25NO. The topological polar surface area (TPSA) is 23.5 Å². The zero-order valence-electron chi connectivity index (χ0n) is 11.9. The number of nitrogens with zero attached hydrogens (tertiary/aromatic N) is 1. The number of fused-ring (bicyclic) bond motifs is 1. The van der Waals surface area contributed by atoms with Gasteiger partial charge in [-0.3, -0.25) is 0 Å². The highest BCUT2D eigenvalue weighted by atomic mass is 16.3. The lowest BCUT2D eigenvalue weighted by atomic mass is 9.93. The molecular weight excluding hydrogens is 234 g/mol. The van der Waals surface area contributed by atoms with Crippen molar-refractivity contribution in [2.75, 3.05) is 18.1 Å². The third-order valence-electron chi connectivity index (χ3n) is 4.90. The lowest BCUT2D eigenvalue weighted by Gasteiger charge is -2.33. The SMILES string of the molecule is CC(CO)c1ccc2c(c1)N(C1CCCCC1)CC2. The van der Waals surface area contributed by atoms with E-state index in [1.807, 2.05) is 0 Å². The summed E-state index contributed by atoms with van der Waals surface area (Å²) >= 11 is 0. The van der Waals surface area contributed by atoms with Crippen LogP contribution in [-0.4, -0.2) is 24.3 Å². The Kier molecular flexibility index (Phi) is 3.79. The highest BCUT2D eigenvalue weighted by Gasteiger charge is 2.27. The second kappa shape index (κ2) is 5.54. The Balaban J connectivity index is 1.85. The van der Waals surface area contributed by atoms with Crippen LogP contribution in [0.5, 0.6) is 0 Å². The molecule has 0 saturated heterocycles. The van der Waals surface area contributed by atoms with E-state index in [0.29, 0.717) is 0 Å². The van der Waals surface area contributed by atoms with Crippen molar-refractivity contribution >= 4 is 5.69 Å². The van der Waals surface area contributed by atoms with Crippen molar-refractivity contribution in [1.29, 1.82) is 0 Å². The maximum atomic E-state index is 9.34. The molecule has 2 nitrogen and oxygen atoms in total. The molecule has 3 rings (SSSR count). The smallest absolute Gasteiger partial charge is 0.0497 e. The molecule has 1 saturated carbocycles. The molecule has 1 fully saturated rings. The molecule has 1 aliphatic heterocycles. The molecule has 1 heterocycles. The molecule has 1 aromatic rings. The molecule has 2 heteroatoms. The summed E-state index contributed by atoms with van der Waals surface area (Å²) in [5, 5.41) is 9.34. The Bertz CT molecular complexity index is 437. The standard InChI is InChI=1S/C17H25NO/c1-13(12-19)15-8-7-14-9-10-18(17(14)11-15)16-5-3-2-4-6-16/h7-8,11,13,16,19H,2-6,9-10,12H2,1H3. The number of rotatable bonds is 3. The van der Waals surface area contributed by atoms with Gasteiger partial charge in [0.1, 0.15) is 0 Å². The van der Waals surface area contributed by atoms with E-state index in [9.17, 15) is 5.11 Å². The first-order valence-corrected chi connectivity index (χ1v) is 7.80. The van der Waals surface area contributed by atoms with Crippen molar-refractivity contribution in [3.8, 4) is 0 Å². The Hall–Kier alpha value is -1.02. The Labute approximate surface area is 116 Å². The fourth-order valence-electron chi connectivity index (χ4n) is 3.60. The molecule has 19 heavy (non-hydrogen) atoms. The molecule has 0 amide bonds. The highest BCUT2D eigenvalue weighted by molar-refractivity contribution is 5.60. The summed E-state index contributed by atoms with van der Waals surface area (Å²) in [6.45, 7) is 3.53. The van der Waals surface area contributed by atoms with Crippen LogP contribution in [0.3, 0.4) is 0 Å². The summed E-state index contributed by atoms with van der Waals surface area (Å²) < 4.78 is 0. The van der Waals surface area contributed by atoms with Gasteiger partial charge in [0.05, 0.1) is 0 Å². The fourth-order valence-corrected chi connectivity index (χ4v) is 3.60. The average Bonchev–Trinajstić information content (AvgIpc) is 2.90. The van der Waals surface area contributed by atoms with Crippen LogP contribution in [0, 0.1) is 0 Å². The summed E-state index contributed by atoms with van der Waals surface area (Å²) in [7, 11) is 0. The fraction of sp³-hybridized carbons (Fsp3) is 0.647. The van der Waals surface area contributed by atoms with E-state index in [2.05, 4.69) is 30.0 Å². The largest absolute Gasteiger partial charge is 0.396 e. The third kappa shape index (κ3) is 2.51. The van der Waals surface area contributed by atoms with Gasteiger partial charge in [0.25, 0.3) is 0 Å². The van der Waals surface area contributed by atoms with Crippen molar-refractivity contribution < 1.29 is 5.11 Å². The zero-order valence-corrected chi connectivity index (χ0v) is 11.9. The first kappa shape index (κ1) is 13.0. The van der Waals surface area contributed by atoms with E-state index in [1.54, 1.807) is 0 Å². The summed E-state index contributed by atoms with van der Waals surface area (Å²) in [5.74, 6) is 0.249. The van der Waals surface area contributed by atoms with Crippen LogP contribution >= 0.6 is 0 Å². The van der Waals surface area contributed by atoms with Crippen LogP contribution in [0.15, 0.2) is 18.2 Å². The van der Waals surface area contributed by atoms with Gasteiger partial charge in [-0.1, -0.05) is 38.3 Å². The Morgan fingerprint density at radius 1 is 1.26 bits per heavy atom. The van der Waals surface area contributed by atoms with Gasteiger partial charge in [-0.25, -0.2) is 0 Å². The van der Waals surface area contributed by atoms with Gasteiger partial charge in [0.15, 0.2) is 0 Å². The van der Waals surface area contributed by atoms with E-state index < -0.39 is 0 Å². The number of hydrogen-bond acceptors (Lipinski definition) is 2. The molecule has 1 N–H and O–H groups in total. The van der Waals surface area contributed by atoms with Crippen LogP contribution in [-0.2, 0) is 6.42 Å². The van der Waals surface area contributed by atoms with Crippen LogP contribution < -0.4 is 4.90 Å². The zero-order chi connectivity index (χ0) is 13.2. The highest BCUT2D eigenvalue weighted by Crippen LogP contribution is 2.36. The average molecular weight is 259 g/mol. The molecule has 1 aromatic carbocycles. The molecule has 104 valence electrons. The van der Waals surface area contributed by atoms with E-state index in [0.717, 1.165) is 6.04 Å². The number of aliphatic hydroxyl groups excluding tert-OH is 1. The van der Waals surface area contributed by atoms with Crippen molar-refractivity contribution in [2.24, 2.45) is 0 Å². The van der Waals surface area contributed by atoms with Gasteiger partial charge in [-0.05, 0) is 36.5 Å². The summed E-state index contributed by atoms with van der Waals surface area (Å²) in [6, 6.07) is 7.57. The van der Waals surface area contributed by atoms with Crippen molar-refractivity contribution in [2.45, 2.75) is 57.4 Å². The molecule has 0 aromatic heterocycles. The van der Waals surface area contributed by atoms with E-state index >= 15 is 0 Å². The van der Waals surface area contributed by atoms with Gasteiger partial charge in [0.2, 0.25) is 0 Å². The van der Waals surface area contributed by atoms with Crippen molar-refractivity contribution in [1.82, 2.24) is 0 Å². The number of hydrogen-bond donors (Lipinski definition) is 1. The summed E-state index contributed by atoms with van der Waals surface area (Å²) in [5.41, 5.74) is 4.23. The number of benzene rings is 1. The van der Waals surface area contributed by atoms with Crippen LogP contribution in [0.1, 0.15) is 56.1 Å². The molecule has 0 radical (unpaired) electrons. The van der Waals surface area contributed by atoms with Gasteiger partial charge in [-0.15, -0.1) is 0 Å². The third-order valence-corrected chi connectivity index (χ3v) is 4.90. The lowest BCUT2D eigenvalue weighted by molar-refractivity contribution is 0.273. The summed E-state index contributed by atoms with van der Waals surface area (Å²) in [4.78, 5) is 2.64. The Morgan fingerprint density at radius 3 is 2.79 bits per heavy atom. The monoisotopic (exact) mass is 259 g/mol. The second-order valence-electron chi connectivity index (χ2n) is 6.21. The maximum Gasteiger partial charge on any atom is 0.0497 e. The number of anilines is 1. The van der Waals surface area contributed by atoms with Crippen LogP contribution in [0.25, 0.3) is 0 Å². The molecule has 0 bridgehead atoms. The molecule has 2 aliphatic rings. The first-order valence-electron chi connectivity index (χ1n) is 7.80. The van der Waals surface area contributed by atoms with Gasteiger partial charge < -0.3 is 10.0 Å². The second-order valence-corrected chi connectivity index (χ2v) is 6.21. The number of aliphatic hydroxyl groups is 1. The molecule has 1 aliphatic carbocycles. The van der Waals surface area contributed by atoms with Crippen LogP contribution in [0.4, 0.5) is 5.69 Å². The van der Waals surface area contributed by atoms with E-state index in [-0.39, 0.29) is 12.5 Å². The molecule has 1 atom stereocenters. The Morgan fingerprint density at radius 2 is 2.05 bits per heavy atom. The van der Waals surface area contributed by atoms with Crippen molar-refractivity contribution in [3.05, 3.63) is 29.3 Å². The lowest BCUT2D eigenvalue weighted by Crippen LogP contribution is -2.35. The maximum absolute atomic E-state index is 9.34. The van der Waals surface area contributed by atoms with Gasteiger partial charge in [-0.2, -0.15) is 0 Å². The predicted octanol–water partition coefficient (Wildman–Crippen LogP) is 3.48. The molecule has 1 unspecified atom stereocenters. The van der Waals surface area contributed by atoms with Crippen molar-refractivity contribution in [3.63, 3.8) is 0 Å². The van der Waals surface area contributed by atoms with Crippen LogP contribution in [0.2, 0.25) is 0 Å². The quantitative estimate of drug-likeness (QED) is 0.898. The van der Waals surface area contributed by atoms with E-state index in [4.69, 9.17) is 0 Å². The predicted molar refractivity (Wildman–Crippen MR) is 79.9 cm³/mol. The van der Waals surface area contributed by atoms with Gasteiger partial charge in [0, 0.05) is 30.8 Å². The molecule has 0 spiro atoms.